The van der Waals surface area contributed by atoms with Gasteiger partial charge >= 0.3 is 5.97 Å². The van der Waals surface area contributed by atoms with E-state index in [1.165, 1.54) is 32.8 Å². The van der Waals surface area contributed by atoms with Crippen LogP contribution in [0.4, 0.5) is 0 Å². The first-order valence-electron chi connectivity index (χ1n) is 12.1. The van der Waals surface area contributed by atoms with Gasteiger partial charge in [0.1, 0.15) is 0 Å². The van der Waals surface area contributed by atoms with Crippen LogP contribution in [0.2, 0.25) is 0 Å². The van der Waals surface area contributed by atoms with Crippen molar-refractivity contribution >= 4 is 5.97 Å². The first-order valence-corrected chi connectivity index (χ1v) is 12.1. The van der Waals surface area contributed by atoms with E-state index < -0.39 is 0 Å². The molecule has 4 rings (SSSR count). The molecular weight excluding hydrogens is 364 g/mol. The number of carbonyl (C=O) groups excluding carboxylic acids is 1. The van der Waals surface area contributed by atoms with Crippen LogP contribution in [0.1, 0.15) is 85.0 Å². The number of fused-ring (bicyclic) bond motifs is 5. The average Bonchev–Trinajstić information content (AvgIpc) is 3.04. The summed E-state index contributed by atoms with van der Waals surface area (Å²) in [6.07, 6.45) is 9.80. The van der Waals surface area contributed by atoms with E-state index in [0.717, 1.165) is 32.1 Å². The largest absolute Gasteiger partial charge is 0.469 e. The number of esters is 1. The number of aliphatic hydroxyl groups is 2. The minimum absolute atomic E-state index is 0.0959. The zero-order valence-electron chi connectivity index (χ0n) is 18.9. The van der Waals surface area contributed by atoms with Crippen molar-refractivity contribution in [2.75, 3.05) is 7.11 Å². The second-order valence-corrected chi connectivity index (χ2v) is 11.5. The first-order chi connectivity index (χ1) is 13.7. The van der Waals surface area contributed by atoms with Gasteiger partial charge in [0.05, 0.1) is 19.3 Å². The Hall–Kier alpha value is -0.610. The van der Waals surface area contributed by atoms with E-state index in [-0.39, 0.29) is 23.6 Å². The van der Waals surface area contributed by atoms with Gasteiger partial charge in [0.15, 0.2) is 0 Å². The van der Waals surface area contributed by atoms with Gasteiger partial charge in [-0.3, -0.25) is 4.79 Å². The van der Waals surface area contributed by atoms with Crippen molar-refractivity contribution in [2.45, 2.75) is 97.2 Å². The number of ether oxygens (including phenoxy) is 1. The van der Waals surface area contributed by atoms with Crippen LogP contribution in [0.5, 0.6) is 0 Å². The highest BCUT2D eigenvalue weighted by molar-refractivity contribution is 5.69. The number of rotatable bonds is 4. The van der Waals surface area contributed by atoms with Crippen molar-refractivity contribution in [1.29, 1.82) is 0 Å². The molecule has 0 bridgehead atoms. The second-order valence-electron chi connectivity index (χ2n) is 11.5. The minimum Gasteiger partial charge on any atom is -0.469 e. The Morgan fingerprint density at radius 1 is 1.03 bits per heavy atom. The molecule has 4 aliphatic rings. The summed E-state index contributed by atoms with van der Waals surface area (Å²) in [6.45, 7) is 7.29. The fourth-order valence-corrected chi connectivity index (χ4v) is 8.82. The van der Waals surface area contributed by atoms with Crippen LogP contribution >= 0.6 is 0 Å². The SMILES string of the molecule is COC(=O)CC[C@@H](C)C1CCC2C3C(CC[C@@]21C)[C@@]1(C)CC[C@@H](O)CC1C[C@@H]3O. The van der Waals surface area contributed by atoms with Gasteiger partial charge in [0, 0.05) is 6.42 Å². The molecule has 4 nitrogen and oxygen atoms in total. The third kappa shape index (κ3) is 3.46. The maximum absolute atomic E-state index is 11.6. The highest BCUT2D eigenvalue weighted by atomic mass is 16.5. The third-order valence-corrected chi connectivity index (χ3v) is 10.4. The summed E-state index contributed by atoms with van der Waals surface area (Å²) in [5.41, 5.74) is 0.577. The number of hydrogen-bond acceptors (Lipinski definition) is 4. The molecule has 166 valence electrons. The smallest absolute Gasteiger partial charge is 0.305 e. The molecule has 10 atom stereocenters. The number of carbonyl (C=O) groups is 1. The van der Waals surface area contributed by atoms with Crippen molar-refractivity contribution in [3.63, 3.8) is 0 Å². The van der Waals surface area contributed by atoms with E-state index in [4.69, 9.17) is 4.74 Å². The molecule has 4 fully saturated rings. The summed E-state index contributed by atoms with van der Waals surface area (Å²) in [6, 6.07) is 0. The number of aliphatic hydroxyl groups excluding tert-OH is 2. The number of hydrogen-bond donors (Lipinski definition) is 2. The maximum atomic E-state index is 11.6. The highest BCUT2D eigenvalue weighted by Gasteiger charge is 2.62. The van der Waals surface area contributed by atoms with Gasteiger partial charge in [-0.15, -0.1) is 0 Å². The average molecular weight is 407 g/mol. The predicted octanol–water partition coefficient (Wildman–Crippen LogP) is 4.57. The van der Waals surface area contributed by atoms with E-state index in [2.05, 4.69) is 20.8 Å². The summed E-state index contributed by atoms with van der Waals surface area (Å²) in [7, 11) is 1.48. The van der Waals surface area contributed by atoms with Crippen LogP contribution in [0, 0.1) is 46.3 Å². The van der Waals surface area contributed by atoms with Crippen LogP contribution in [0.3, 0.4) is 0 Å². The van der Waals surface area contributed by atoms with E-state index >= 15 is 0 Å². The predicted molar refractivity (Wildman–Crippen MR) is 113 cm³/mol. The maximum Gasteiger partial charge on any atom is 0.305 e. The van der Waals surface area contributed by atoms with Gasteiger partial charge < -0.3 is 14.9 Å². The van der Waals surface area contributed by atoms with Gasteiger partial charge in [-0.2, -0.15) is 0 Å². The van der Waals surface area contributed by atoms with Crippen molar-refractivity contribution in [3.8, 4) is 0 Å². The van der Waals surface area contributed by atoms with Crippen LogP contribution in [0.15, 0.2) is 0 Å². The zero-order valence-corrected chi connectivity index (χ0v) is 18.9. The van der Waals surface area contributed by atoms with E-state index in [1.54, 1.807) is 0 Å². The van der Waals surface area contributed by atoms with E-state index in [9.17, 15) is 15.0 Å². The zero-order chi connectivity index (χ0) is 21.0. The van der Waals surface area contributed by atoms with Crippen molar-refractivity contribution in [1.82, 2.24) is 0 Å². The Bertz CT molecular complexity index is 620. The topological polar surface area (TPSA) is 66.8 Å². The molecule has 4 heteroatoms. The molecule has 5 unspecified atom stereocenters. The van der Waals surface area contributed by atoms with Crippen LogP contribution in [-0.4, -0.2) is 35.5 Å². The lowest BCUT2D eigenvalue weighted by molar-refractivity contribution is -0.174. The van der Waals surface area contributed by atoms with Crippen molar-refractivity contribution in [2.24, 2.45) is 46.3 Å². The van der Waals surface area contributed by atoms with Crippen LogP contribution in [-0.2, 0) is 9.53 Å². The van der Waals surface area contributed by atoms with Gasteiger partial charge in [-0.1, -0.05) is 20.8 Å². The molecule has 2 N–H and O–H groups in total. The van der Waals surface area contributed by atoms with E-state index in [1.807, 2.05) is 0 Å². The van der Waals surface area contributed by atoms with Gasteiger partial charge in [-0.25, -0.2) is 0 Å². The quantitative estimate of drug-likeness (QED) is 0.671. The molecule has 0 spiro atoms. The standard InChI is InChI=1S/C25H42O4/c1-15(5-8-22(28)29-4)18-6-7-19-23-20(10-12-25(18,19)3)24(2)11-9-17(26)13-16(24)14-21(23)27/h15-21,23,26-27H,5-14H2,1-4H3/t15-,16?,17-,18?,19?,20?,21+,23?,24+,25-/m1/s1. The summed E-state index contributed by atoms with van der Waals surface area (Å²) >= 11 is 0. The minimum atomic E-state index is -0.211. The van der Waals surface area contributed by atoms with Gasteiger partial charge in [0.2, 0.25) is 0 Å². The molecule has 0 aromatic carbocycles. The van der Waals surface area contributed by atoms with Crippen LogP contribution < -0.4 is 0 Å². The van der Waals surface area contributed by atoms with Crippen molar-refractivity contribution < 1.29 is 19.7 Å². The molecule has 0 heterocycles. The summed E-state index contributed by atoms with van der Waals surface area (Å²) < 4.78 is 4.86. The molecule has 4 aliphatic carbocycles. The molecule has 0 amide bonds. The van der Waals surface area contributed by atoms with E-state index in [0.29, 0.717) is 47.3 Å². The molecule has 0 radical (unpaired) electrons. The summed E-state index contributed by atoms with van der Waals surface area (Å²) in [5.74, 6) is 3.17. The van der Waals surface area contributed by atoms with Crippen molar-refractivity contribution in [3.05, 3.63) is 0 Å². The third-order valence-electron chi connectivity index (χ3n) is 10.4. The summed E-state index contributed by atoms with van der Waals surface area (Å²) in [5, 5.41) is 21.5. The lowest BCUT2D eigenvalue weighted by Crippen LogP contribution is -2.58. The lowest BCUT2D eigenvalue weighted by Gasteiger charge is -2.62. The molecule has 0 aromatic heterocycles. The molecule has 0 saturated heterocycles. The second kappa shape index (κ2) is 7.82. The molecular formula is C25H42O4. The van der Waals surface area contributed by atoms with Gasteiger partial charge in [-0.05, 0) is 104 Å². The highest BCUT2D eigenvalue weighted by Crippen LogP contribution is 2.68. The Labute approximate surface area is 176 Å². The Balaban J connectivity index is 1.53. The molecule has 0 aromatic rings. The number of methoxy groups -OCH3 is 1. The summed E-state index contributed by atoms with van der Waals surface area (Å²) in [4.78, 5) is 11.6. The van der Waals surface area contributed by atoms with Gasteiger partial charge in [0.25, 0.3) is 0 Å². The fraction of sp³-hybridized carbons (Fsp3) is 0.960. The van der Waals surface area contributed by atoms with Crippen LogP contribution in [0.25, 0.3) is 0 Å². The Morgan fingerprint density at radius 3 is 2.45 bits per heavy atom. The normalized spacial score (nSPS) is 50.2. The fourth-order valence-electron chi connectivity index (χ4n) is 8.82. The lowest BCUT2D eigenvalue weighted by atomic mass is 9.43. The molecule has 4 saturated carbocycles. The Morgan fingerprint density at radius 2 is 1.72 bits per heavy atom. The molecule has 29 heavy (non-hydrogen) atoms. The Kier molecular flexibility index (Phi) is 5.83. The molecule has 0 aliphatic heterocycles. The monoisotopic (exact) mass is 406 g/mol. The first kappa shape index (κ1) is 21.6.